The van der Waals surface area contributed by atoms with Gasteiger partial charge in [0.05, 0.1) is 6.54 Å². The molecule has 0 spiro atoms. The van der Waals surface area contributed by atoms with Crippen LogP contribution >= 0.6 is 11.6 Å². The van der Waals surface area contributed by atoms with Gasteiger partial charge in [-0.15, -0.1) is 0 Å². The van der Waals surface area contributed by atoms with Crippen LogP contribution in [-0.2, 0) is 11.3 Å². The summed E-state index contributed by atoms with van der Waals surface area (Å²) in [6, 6.07) is 4.04. The van der Waals surface area contributed by atoms with Crippen LogP contribution in [0, 0.1) is 0 Å². The maximum Gasteiger partial charge on any atom is 0.193 e. The molecule has 1 aromatic rings. The SMILES string of the molecule is COCCC(C)NCc1ccc(Cl)o1. The monoisotopic (exact) mass is 217 g/mol. The first-order chi connectivity index (χ1) is 6.72. The molecular weight excluding hydrogens is 202 g/mol. The minimum Gasteiger partial charge on any atom is -0.448 e. The highest BCUT2D eigenvalue weighted by molar-refractivity contribution is 6.28. The van der Waals surface area contributed by atoms with Gasteiger partial charge in [0.15, 0.2) is 5.22 Å². The molecule has 4 heteroatoms. The van der Waals surface area contributed by atoms with E-state index in [1.165, 1.54) is 0 Å². The predicted molar refractivity (Wildman–Crippen MR) is 56.5 cm³/mol. The summed E-state index contributed by atoms with van der Waals surface area (Å²) in [6.45, 7) is 3.59. The van der Waals surface area contributed by atoms with Gasteiger partial charge in [-0.3, -0.25) is 0 Å². The van der Waals surface area contributed by atoms with Gasteiger partial charge in [-0.1, -0.05) is 0 Å². The Hall–Kier alpha value is -0.510. The number of hydrogen-bond acceptors (Lipinski definition) is 3. The molecule has 0 aliphatic carbocycles. The molecule has 0 amide bonds. The molecule has 1 atom stereocenters. The average Bonchev–Trinajstić information content (AvgIpc) is 2.58. The zero-order valence-electron chi connectivity index (χ0n) is 8.55. The van der Waals surface area contributed by atoms with Gasteiger partial charge in [0.2, 0.25) is 0 Å². The largest absolute Gasteiger partial charge is 0.448 e. The molecule has 80 valence electrons. The maximum atomic E-state index is 5.64. The van der Waals surface area contributed by atoms with Gasteiger partial charge >= 0.3 is 0 Å². The van der Waals surface area contributed by atoms with E-state index in [0.717, 1.165) is 18.8 Å². The highest BCUT2D eigenvalue weighted by Gasteiger charge is 2.03. The highest BCUT2D eigenvalue weighted by atomic mass is 35.5. The standard InChI is InChI=1S/C10H16ClNO2/c1-8(5-6-13-2)12-7-9-3-4-10(11)14-9/h3-4,8,12H,5-7H2,1-2H3. The third-order valence-corrected chi connectivity index (χ3v) is 2.21. The van der Waals surface area contributed by atoms with E-state index < -0.39 is 0 Å². The van der Waals surface area contributed by atoms with Crippen molar-refractivity contribution in [3.05, 3.63) is 23.1 Å². The lowest BCUT2D eigenvalue weighted by atomic mass is 10.2. The molecule has 1 heterocycles. The Labute approximate surface area is 89.4 Å². The van der Waals surface area contributed by atoms with Crippen LogP contribution in [0.1, 0.15) is 19.1 Å². The lowest BCUT2D eigenvalue weighted by Gasteiger charge is -2.11. The lowest BCUT2D eigenvalue weighted by molar-refractivity contribution is 0.184. The smallest absolute Gasteiger partial charge is 0.193 e. The number of hydrogen-bond donors (Lipinski definition) is 1. The van der Waals surface area contributed by atoms with Crippen molar-refractivity contribution in [1.29, 1.82) is 0 Å². The summed E-state index contributed by atoms with van der Waals surface area (Å²) >= 11 is 5.64. The van der Waals surface area contributed by atoms with Gasteiger partial charge < -0.3 is 14.5 Å². The Kier molecular flexibility index (Phi) is 5.01. The number of halogens is 1. The molecule has 0 radical (unpaired) electrons. The van der Waals surface area contributed by atoms with E-state index in [0.29, 0.717) is 17.8 Å². The number of rotatable bonds is 6. The Balaban J connectivity index is 2.20. The van der Waals surface area contributed by atoms with Gasteiger partial charge in [0.1, 0.15) is 5.76 Å². The van der Waals surface area contributed by atoms with Gasteiger partial charge in [0.25, 0.3) is 0 Å². The Bertz CT molecular complexity index is 262. The van der Waals surface area contributed by atoms with E-state index >= 15 is 0 Å². The summed E-state index contributed by atoms with van der Waals surface area (Å²) in [4.78, 5) is 0. The van der Waals surface area contributed by atoms with Crippen LogP contribution < -0.4 is 5.32 Å². The fourth-order valence-electron chi connectivity index (χ4n) is 1.12. The van der Waals surface area contributed by atoms with Crippen LogP contribution in [-0.4, -0.2) is 19.8 Å². The predicted octanol–water partition coefficient (Wildman–Crippen LogP) is 2.45. The number of ether oxygens (including phenoxy) is 1. The molecule has 0 bridgehead atoms. The number of nitrogens with one attached hydrogen (secondary N) is 1. The zero-order chi connectivity index (χ0) is 10.4. The number of methoxy groups -OCH3 is 1. The zero-order valence-corrected chi connectivity index (χ0v) is 9.30. The van der Waals surface area contributed by atoms with Crippen LogP contribution in [0.15, 0.2) is 16.5 Å². The van der Waals surface area contributed by atoms with Crippen molar-refractivity contribution in [1.82, 2.24) is 5.32 Å². The molecule has 0 saturated heterocycles. The van der Waals surface area contributed by atoms with Crippen molar-refractivity contribution in [3.8, 4) is 0 Å². The molecule has 0 aliphatic heterocycles. The summed E-state index contributed by atoms with van der Waals surface area (Å²) in [5.74, 6) is 0.860. The average molecular weight is 218 g/mol. The molecular formula is C10H16ClNO2. The summed E-state index contributed by atoms with van der Waals surface area (Å²) in [5, 5.41) is 3.75. The molecule has 0 fully saturated rings. The van der Waals surface area contributed by atoms with Gasteiger partial charge in [-0.2, -0.15) is 0 Å². The molecule has 1 N–H and O–H groups in total. The molecule has 14 heavy (non-hydrogen) atoms. The van der Waals surface area contributed by atoms with Crippen LogP contribution in [0.3, 0.4) is 0 Å². The number of furan rings is 1. The van der Waals surface area contributed by atoms with Gasteiger partial charge in [0, 0.05) is 19.8 Å². The first-order valence-electron chi connectivity index (χ1n) is 4.69. The Morgan fingerprint density at radius 1 is 1.57 bits per heavy atom. The van der Waals surface area contributed by atoms with Crippen LogP contribution in [0.25, 0.3) is 0 Å². The lowest BCUT2D eigenvalue weighted by Crippen LogP contribution is -2.26. The van der Waals surface area contributed by atoms with Crippen LogP contribution in [0.4, 0.5) is 0 Å². The maximum absolute atomic E-state index is 5.64. The molecule has 1 unspecified atom stereocenters. The van der Waals surface area contributed by atoms with Crippen molar-refractivity contribution in [3.63, 3.8) is 0 Å². The van der Waals surface area contributed by atoms with E-state index in [2.05, 4.69) is 12.2 Å². The molecule has 0 saturated carbocycles. The summed E-state index contributed by atoms with van der Waals surface area (Å²) in [6.07, 6.45) is 0.991. The minimum atomic E-state index is 0.416. The minimum absolute atomic E-state index is 0.416. The summed E-state index contributed by atoms with van der Waals surface area (Å²) < 4.78 is 10.2. The first-order valence-corrected chi connectivity index (χ1v) is 5.06. The van der Waals surface area contributed by atoms with E-state index in [-0.39, 0.29) is 0 Å². The third-order valence-electron chi connectivity index (χ3n) is 2.01. The Morgan fingerprint density at radius 3 is 2.93 bits per heavy atom. The quantitative estimate of drug-likeness (QED) is 0.795. The van der Waals surface area contributed by atoms with Crippen molar-refractivity contribution in [2.45, 2.75) is 25.9 Å². The second-order valence-electron chi connectivity index (χ2n) is 3.27. The molecule has 0 aromatic carbocycles. The van der Waals surface area contributed by atoms with Gasteiger partial charge in [-0.25, -0.2) is 0 Å². The second-order valence-corrected chi connectivity index (χ2v) is 3.64. The van der Waals surface area contributed by atoms with Gasteiger partial charge in [-0.05, 0) is 37.1 Å². The fourth-order valence-corrected chi connectivity index (χ4v) is 1.28. The van der Waals surface area contributed by atoms with Crippen molar-refractivity contribution < 1.29 is 9.15 Å². The van der Waals surface area contributed by atoms with E-state index in [1.54, 1.807) is 13.2 Å². The topological polar surface area (TPSA) is 34.4 Å². The molecule has 1 aromatic heterocycles. The second kappa shape index (κ2) is 6.06. The Morgan fingerprint density at radius 2 is 2.36 bits per heavy atom. The summed E-state index contributed by atoms with van der Waals surface area (Å²) in [5.41, 5.74) is 0. The fraction of sp³-hybridized carbons (Fsp3) is 0.600. The third kappa shape index (κ3) is 4.13. The molecule has 1 rings (SSSR count). The van der Waals surface area contributed by atoms with Crippen molar-refractivity contribution in [2.75, 3.05) is 13.7 Å². The summed E-state index contributed by atoms with van der Waals surface area (Å²) in [7, 11) is 1.71. The van der Waals surface area contributed by atoms with Crippen molar-refractivity contribution in [2.24, 2.45) is 0 Å². The van der Waals surface area contributed by atoms with Crippen molar-refractivity contribution >= 4 is 11.6 Å². The highest BCUT2D eigenvalue weighted by Crippen LogP contribution is 2.12. The first kappa shape index (κ1) is 11.6. The van der Waals surface area contributed by atoms with E-state index in [1.807, 2.05) is 6.07 Å². The van der Waals surface area contributed by atoms with Crippen LogP contribution in [0.5, 0.6) is 0 Å². The van der Waals surface area contributed by atoms with E-state index in [9.17, 15) is 0 Å². The normalized spacial score (nSPS) is 13.1. The van der Waals surface area contributed by atoms with Crippen LogP contribution in [0.2, 0.25) is 5.22 Å². The van der Waals surface area contributed by atoms with E-state index in [4.69, 9.17) is 20.8 Å². The molecule has 3 nitrogen and oxygen atoms in total. The molecule has 0 aliphatic rings.